The van der Waals surface area contributed by atoms with E-state index in [0.717, 1.165) is 12.5 Å². The Labute approximate surface area is 138 Å². The van der Waals surface area contributed by atoms with Crippen LogP contribution in [-0.4, -0.2) is 6.04 Å². The van der Waals surface area contributed by atoms with Gasteiger partial charge in [-0.3, -0.25) is 0 Å². The molecule has 1 N–H and O–H groups in total. The van der Waals surface area contributed by atoms with Crippen molar-refractivity contribution in [2.45, 2.75) is 80.3 Å². The van der Waals surface area contributed by atoms with Crippen molar-refractivity contribution in [3.05, 3.63) is 35.9 Å². The van der Waals surface area contributed by atoms with E-state index in [4.69, 9.17) is 0 Å². The summed E-state index contributed by atoms with van der Waals surface area (Å²) >= 11 is 0. The monoisotopic (exact) mass is 303 g/mol. The summed E-state index contributed by atoms with van der Waals surface area (Å²) in [5.74, 6) is 0.759. The van der Waals surface area contributed by atoms with Crippen LogP contribution in [0.1, 0.15) is 73.3 Å². The van der Waals surface area contributed by atoms with Gasteiger partial charge in [0, 0.05) is 12.6 Å². The standard InChI is InChI=1S/C21H37N/c1-8-21(6,7)19(15-20(4,5)14-17(2)3)22-16-18-12-10-9-11-13-18/h9-13,17,19,22H,8,14-16H2,1-7H3. The van der Waals surface area contributed by atoms with Crippen LogP contribution < -0.4 is 5.32 Å². The molecule has 0 bridgehead atoms. The average Bonchev–Trinajstić information content (AvgIpc) is 2.43. The fourth-order valence-corrected chi connectivity index (χ4v) is 3.45. The van der Waals surface area contributed by atoms with Crippen molar-refractivity contribution in [2.75, 3.05) is 0 Å². The second kappa shape index (κ2) is 8.15. The van der Waals surface area contributed by atoms with Gasteiger partial charge in [-0.1, -0.05) is 78.8 Å². The summed E-state index contributed by atoms with van der Waals surface area (Å²) in [6.07, 6.45) is 3.73. The van der Waals surface area contributed by atoms with Crippen molar-refractivity contribution in [1.29, 1.82) is 0 Å². The van der Waals surface area contributed by atoms with Crippen LogP contribution in [0, 0.1) is 16.7 Å². The van der Waals surface area contributed by atoms with E-state index < -0.39 is 0 Å². The molecule has 0 saturated carbocycles. The zero-order valence-electron chi connectivity index (χ0n) is 15.9. The topological polar surface area (TPSA) is 12.0 Å². The van der Waals surface area contributed by atoms with Gasteiger partial charge in [-0.2, -0.15) is 0 Å². The minimum atomic E-state index is 0.322. The molecule has 1 atom stereocenters. The summed E-state index contributed by atoms with van der Waals surface area (Å²) in [7, 11) is 0. The summed E-state index contributed by atoms with van der Waals surface area (Å²) in [6.45, 7) is 17.6. The minimum Gasteiger partial charge on any atom is -0.309 e. The lowest BCUT2D eigenvalue weighted by atomic mass is 9.71. The third-order valence-corrected chi connectivity index (χ3v) is 4.97. The quantitative estimate of drug-likeness (QED) is 0.586. The predicted molar refractivity (Wildman–Crippen MR) is 99.0 cm³/mol. The van der Waals surface area contributed by atoms with Crippen molar-refractivity contribution in [3.63, 3.8) is 0 Å². The van der Waals surface area contributed by atoms with E-state index in [1.807, 2.05) is 0 Å². The number of hydrogen-bond acceptors (Lipinski definition) is 1. The molecule has 0 saturated heterocycles. The summed E-state index contributed by atoms with van der Waals surface area (Å²) < 4.78 is 0. The molecular weight excluding hydrogens is 266 g/mol. The molecule has 0 radical (unpaired) electrons. The molecular formula is C21H37N. The van der Waals surface area contributed by atoms with Crippen LogP contribution in [0.25, 0.3) is 0 Å². The fraction of sp³-hybridized carbons (Fsp3) is 0.714. The minimum absolute atomic E-state index is 0.322. The molecule has 0 aliphatic rings. The normalized spacial score (nSPS) is 14.4. The maximum absolute atomic E-state index is 3.86. The van der Waals surface area contributed by atoms with Gasteiger partial charge in [-0.15, -0.1) is 0 Å². The fourth-order valence-electron chi connectivity index (χ4n) is 3.45. The molecule has 1 aromatic rings. The highest BCUT2D eigenvalue weighted by molar-refractivity contribution is 5.14. The Hall–Kier alpha value is -0.820. The lowest BCUT2D eigenvalue weighted by Crippen LogP contribution is -2.44. The molecule has 0 fully saturated rings. The molecule has 0 aliphatic heterocycles. The third-order valence-electron chi connectivity index (χ3n) is 4.97. The Morgan fingerprint density at radius 1 is 0.955 bits per heavy atom. The van der Waals surface area contributed by atoms with Crippen molar-refractivity contribution in [1.82, 2.24) is 5.32 Å². The van der Waals surface area contributed by atoms with E-state index in [1.165, 1.54) is 24.8 Å². The Morgan fingerprint density at radius 3 is 2.05 bits per heavy atom. The van der Waals surface area contributed by atoms with Gasteiger partial charge in [0.1, 0.15) is 0 Å². The highest BCUT2D eigenvalue weighted by Gasteiger charge is 2.33. The molecule has 0 aliphatic carbocycles. The van der Waals surface area contributed by atoms with Crippen LogP contribution in [0.5, 0.6) is 0 Å². The maximum atomic E-state index is 3.86. The number of rotatable bonds is 9. The molecule has 0 heterocycles. The van der Waals surface area contributed by atoms with E-state index >= 15 is 0 Å². The number of hydrogen-bond donors (Lipinski definition) is 1. The number of nitrogens with one attached hydrogen (secondary N) is 1. The Morgan fingerprint density at radius 2 is 1.55 bits per heavy atom. The van der Waals surface area contributed by atoms with E-state index in [-0.39, 0.29) is 0 Å². The Bertz CT molecular complexity index is 417. The van der Waals surface area contributed by atoms with E-state index in [2.05, 4.69) is 84.1 Å². The molecule has 1 heteroatoms. The molecule has 1 nitrogen and oxygen atoms in total. The van der Waals surface area contributed by atoms with Gasteiger partial charge in [-0.25, -0.2) is 0 Å². The predicted octanol–water partition coefficient (Wildman–Crippen LogP) is 6.04. The first-order valence-electron chi connectivity index (χ1n) is 8.93. The highest BCUT2D eigenvalue weighted by Crippen LogP contribution is 2.37. The van der Waals surface area contributed by atoms with Crippen molar-refractivity contribution >= 4 is 0 Å². The summed E-state index contributed by atoms with van der Waals surface area (Å²) in [5, 5.41) is 3.86. The highest BCUT2D eigenvalue weighted by atomic mass is 14.9. The van der Waals surface area contributed by atoms with Crippen molar-refractivity contribution in [3.8, 4) is 0 Å². The second-order valence-electron chi connectivity index (χ2n) is 8.73. The summed E-state index contributed by atoms with van der Waals surface area (Å²) in [6, 6.07) is 11.3. The zero-order valence-corrected chi connectivity index (χ0v) is 15.9. The first kappa shape index (κ1) is 19.2. The smallest absolute Gasteiger partial charge is 0.0208 e. The first-order chi connectivity index (χ1) is 10.2. The molecule has 0 aromatic heterocycles. The van der Waals surface area contributed by atoms with Crippen LogP contribution in [0.3, 0.4) is 0 Å². The lowest BCUT2D eigenvalue weighted by Gasteiger charge is -2.40. The van der Waals surface area contributed by atoms with Crippen molar-refractivity contribution in [2.24, 2.45) is 16.7 Å². The third kappa shape index (κ3) is 6.52. The average molecular weight is 304 g/mol. The van der Waals surface area contributed by atoms with E-state index in [0.29, 0.717) is 16.9 Å². The zero-order chi connectivity index (χ0) is 16.8. The SMILES string of the molecule is CCC(C)(C)C(CC(C)(C)CC(C)C)NCc1ccccc1. The largest absolute Gasteiger partial charge is 0.309 e. The molecule has 1 rings (SSSR count). The van der Waals surface area contributed by atoms with Gasteiger partial charge >= 0.3 is 0 Å². The van der Waals surface area contributed by atoms with E-state index in [9.17, 15) is 0 Å². The van der Waals surface area contributed by atoms with Crippen LogP contribution in [-0.2, 0) is 6.54 Å². The molecule has 0 amide bonds. The molecule has 1 unspecified atom stereocenters. The van der Waals surface area contributed by atoms with Gasteiger partial charge in [0.2, 0.25) is 0 Å². The van der Waals surface area contributed by atoms with Gasteiger partial charge in [0.15, 0.2) is 0 Å². The lowest BCUT2D eigenvalue weighted by molar-refractivity contribution is 0.145. The maximum Gasteiger partial charge on any atom is 0.0208 e. The van der Waals surface area contributed by atoms with Crippen LogP contribution in [0.15, 0.2) is 30.3 Å². The van der Waals surface area contributed by atoms with Gasteiger partial charge in [0.05, 0.1) is 0 Å². The summed E-state index contributed by atoms with van der Waals surface area (Å²) in [5.41, 5.74) is 2.08. The van der Waals surface area contributed by atoms with Crippen molar-refractivity contribution < 1.29 is 0 Å². The van der Waals surface area contributed by atoms with Crippen LogP contribution >= 0.6 is 0 Å². The molecule has 1 aromatic carbocycles. The van der Waals surface area contributed by atoms with Gasteiger partial charge in [-0.05, 0) is 41.6 Å². The first-order valence-corrected chi connectivity index (χ1v) is 8.93. The second-order valence-corrected chi connectivity index (χ2v) is 8.73. The summed E-state index contributed by atoms with van der Waals surface area (Å²) in [4.78, 5) is 0. The van der Waals surface area contributed by atoms with Gasteiger partial charge < -0.3 is 5.32 Å². The molecule has 0 spiro atoms. The Balaban J connectivity index is 2.76. The van der Waals surface area contributed by atoms with E-state index in [1.54, 1.807) is 0 Å². The number of benzene rings is 1. The van der Waals surface area contributed by atoms with Gasteiger partial charge in [0.25, 0.3) is 0 Å². The Kier molecular flexibility index (Phi) is 7.12. The van der Waals surface area contributed by atoms with Crippen LogP contribution in [0.2, 0.25) is 0 Å². The molecule has 22 heavy (non-hydrogen) atoms. The van der Waals surface area contributed by atoms with Crippen LogP contribution in [0.4, 0.5) is 0 Å². The molecule has 126 valence electrons.